The van der Waals surface area contributed by atoms with Gasteiger partial charge in [-0.15, -0.1) is 0 Å². The van der Waals surface area contributed by atoms with E-state index in [1.54, 1.807) is 25.2 Å². The van der Waals surface area contributed by atoms with Gasteiger partial charge in [0.1, 0.15) is 0 Å². The summed E-state index contributed by atoms with van der Waals surface area (Å²) in [6, 6.07) is 3.87. The molecule has 152 valence electrons. The van der Waals surface area contributed by atoms with Crippen molar-refractivity contribution >= 4 is 35.2 Å². The minimum atomic E-state index is -0.947. The van der Waals surface area contributed by atoms with Crippen LogP contribution in [0.3, 0.4) is 0 Å². The first-order valence-corrected chi connectivity index (χ1v) is 9.91. The molecule has 1 aliphatic carbocycles. The highest BCUT2D eigenvalue weighted by atomic mass is 16.2. The number of nitrogens with zero attached hydrogens (tertiary/aromatic N) is 3. The average Bonchev–Trinajstić information content (AvgIpc) is 3.10. The summed E-state index contributed by atoms with van der Waals surface area (Å²) in [5, 5.41) is 0. The van der Waals surface area contributed by atoms with Crippen molar-refractivity contribution in [3.8, 4) is 0 Å². The first kappa shape index (κ1) is 19.3. The number of carbonyl (C=O) groups is 5. The van der Waals surface area contributed by atoms with E-state index < -0.39 is 30.2 Å². The molecule has 0 aromatic heterocycles. The molecule has 8 heteroatoms. The van der Waals surface area contributed by atoms with Crippen molar-refractivity contribution in [2.75, 3.05) is 18.5 Å². The summed E-state index contributed by atoms with van der Waals surface area (Å²) >= 11 is 0. The van der Waals surface area contributed by atoms with Crippen LogP contribution in [0.15, 0.2) is 18.2 Å². The number of fused-ring (bicyclic) bond motifs is 1. The van der Waals surface area contributed by atoms with E-state index in [9.17, 15) is 24.0 Å². The zero-order valence-electron chi connectivity index (χ0n) is 16.5. The number of hydrogen-bond donors (Lipinski definition) is 0. The maximum absolute atomic E-state index is 12.8. The smallest absolute Gasteiger partial charge is 0.315 e. The lowest BCUT2D eigenvalue weighted by molar-refractivity contribution is -0.144. The highest BCUT2D eigenvalue weighted by Crippen LogP contribution is 2.32. The molecular weight excluding hydrogens is 374 g/mol. The van der Waals surface area contributed by atoms with Crippen LogP contribution in [0.1, 0.15) is 48.5 Å². The number of Topliss-reactive ketones (excluding diaryl/α,β-unsaturated/α-hetero) is 1. The van der Waals surface area contributed by atoms with Crippen molar-refractivity contribution in [1.82, 2.24) is 9.80 Å². The lowest BCUT2D eigenvalue weighted by atomic mass is 9.85. The van der Waals surface area contributed by atoms with E-state index in [-0.39, 0.29) is 24.3 Å². The van der Waals surface area contributed by atoms with Crippen molar-refractivity contribution in [1.29, 1.82) is 0 Å². The summed E-state index contributed by atoms with van der Waals surface area (Å²) in [6.07, 6.45) is 3.74. The van der Waals surface area contributed by atoms with Crippen LogP contribution in [0.25, 0.3) is 0 Å². The molecule has 1 aromatic rings. The summed E-state index contributed by atoms with van der Waals surface area (Å²) < 4.78 is 0. The van der Waals surface area contributed by atoms with Crippen LogP contribution in [0.4, 0.5) is 10.5 Å². The van der Waals surface area contributed by atoms with Crippen LogP contribution >= 0.6 is 0 Å². The fourth-order valence-corrected chi connectivity index (χ4v) is 4.51. The monoisotopic (exact) mass is 397 g/mol. The lowest BCUT2D eigenvalue weighted by Crippen LogP contribution is -2.46. The zero-order chi connectivity index (χ0) is 20.9. The van der Waals surface area contributed by atoms with Gasteiger partial charge >= 0.3 is 17.8 Å². The molecular formula is C21H23N3O5. The molecule has 0 bridgehead atoms. The van der Waals surface area contributed by atoms with Crippen molar-refractivity contribution in [3.05, 3.63) is 29.3 Å². The second kappa shape index (κ2) is 7.09. The predicted molar refractivity (Wildman–Crippen MR) is 103 cm³/mol. The maximum Gasteiger partial charge on any atom is 0.334 e. The molecule has 29 heavy (non-hydrogen) atoms. The molecule has 1 saturated carbocycles. The van der Waals surface area contributed by atoms with Gasteiger partial charge in [-0.1, -0.05) is 19.8 Å². The van der Waals surface area contributed by atoms with Gasteiger partial charge in [-0.25, -0.2) is 9.69 Å². The Morgan fingerprint density at radius 1 is 1.07 bits per heavy atom. The van der Waals surface area contributed by atoms with E-state index in [4.69, 9.17) is 0 Å². The molecule has 1 saturated heterocycles. The van der Waals surface area contributed by atoms with Crippen LogP contribution in [0.5, 0.6) is 0 Å². The molecule has 0 N–H and O–H groups in total. The Hall–Kier alpha value is -3.03. The Morgan fingerprint density at radius 3 is 2.52 bits per heavy atom. The van der Waals surface area contributed by atoms with E-state index in [0.717, 1.165) is 40.3 Å². The second-order valence-electron chi connectivity index (χ2n) is 8.07. The zero-order valence-corrected chi connectivity index (χ0v) is 16.5. The van der Waals surface area contributed by atoms with E-state index in [0.29, 0.717) is 12.0 Å². The molecule has 5 amide bonds. The number of imide groups is 2. The molecule has 0 unspecified atom stereocenters. The topological polar surface area (TPSA) is 95.1 Å². The van der Waals surface area contributed by atoms with Gasteiger partial charge in [0.25, 0.3) is 0 Å². The quantitative estimate of drug-likeness (QED) is 0.438. The minimum Gasteiger partial charge on any atom is -0.315 e. The first-order valence-electron chi connectivity index (χ1n) is 9.91. The molecule has 8 nitrogen and oxygen atoms in total. The van der Waals surface area contributed by atoms with Gasteiger partial charge in [-0.05, 0) is 42.5 Å². The van der Waals surface area contributed by atoms with Crippen LogP contribution in [0.2, 0.25) is 0 Å². The molecule has 2 atom stereocenters. The van der Waals surface area contributed by atoms with Gasteiger partial charge in [-0.3, -0.25) is 24.1 Å². The predicted octanol–water partition coefficient (Wildman–Crippen LogP) is 1.76. The molecule has 2 heterocycles. The Labute approximate surface area is 168 Å². The van der Waals surface area contributed by atoms with Crippen molar-refractivity contribution in [2.45, 2.75) is 45.1 Å². The standard InChI is InChI=1S/C21H23N3O5/c1-12-5-3-4-6-15(12)24-20(28)19(27)23(21(24)29)11-17(25)13-7-8-16-14(9-13)10-18(26)22(16)2/h7-9,12,15H,3-6,10-11H2,1-2H3/t12-,15+/m1/s1. The molecule has 1 aromatic carbocycles. The highest BCUT2D eigenvalue weighted by molar-refractivity contribution is 6.45. The number of amides is 5. The van der Waals surface area contributed by atoms with Gasteiger partial charge in [-0.2, -0.15) is 0 Å². The number of urea groups is 1. The van der Waals surface area contributed by atoms with E-state index in [2.05, 4.69) is 0 Å². The number of hydrogen-bond acceptors (Lipinski definition) is 5. The van der Waals surface area contributed by atoms with E-state index in [1.807, 2.05) is 6.92 Å². The molecule has 3 aliphatic rings. The minimum absolute atomic E-state index is 0.0580. The Balaban J connectivity index is 1.52. The summed E-state index contributed by atoms with van der Waals surface area (Å²) in [7, 11) is 1.67. The summed E-state index contributed by atoms with van der Waals surface area (Å²) in [6.45, 7) is 1.50. The number of anilines is 1. The third-order valence-corrected chi connectivity index (χ3v) is 6.26. The summed E-state index contributed by atoms with van der Waals surface area (Å²) in [4.78, 5) is 65.6. The third-order valence-electron chi connectivity index (χ3n) is 6.26. The number of carbonyl (C=O) groups excluding carboxylic acids is 5. The van der Waals surface area contributed by atoms with Gasteiger partial charge in [0.05, 0.1) is 13.0 Å². The maximum atomic E-state index is 12.8. The van der Waals surface area contributed by atoms with Crippen LogP contribution in [-0.2, 0) is 20.8 Å². The van der Waals surface area contributed by atoms with E-state index >= 15 is 0 Å². The number of rotatable bonds is 4. The number of likely N-dealkylation sites (N-methyl/N-ethyl adjacent to an activating group) is 1. The Morgan fingerprint density at radius 2 is 1.79 bits per heavy atom. The number of ketones is 1. The largest absolute Gasteiger partial charge is 0.334 e. The van der Waals surface area contributed by atoms with Crippen LogP contribution in [0, 0.1) is 5.92 Å². The molecule has 2 aliphatic heterocycles. The van der Waals surface area contributed by atoms with Gasteiger partial charge in [0, 0.05) is 24.3 Å². The summed E-state index contributed by atoms with van der Waals surface area (Å²) in [5.41, 5.74) is 1.79. The molecule has 2 fully saturated rings. The summed E-state index contributed by atoms with van der Waals surface area (Å²) in [5.74, 6) is -2.16. The molecule has 4 rings (SSSR count). The average molecular weight is 397 g/mol. The Kier molecular flexibility index (Phi) is 4.72. The van der Waals surface area contributed by atoms with E-state index in [1.165, 1.54) is 4.90 Å². The van der Waals surface area contributed by atoms with Crippen molar-refractivity contribution in [2.24, 2.45) is 5.92 Å². The second-order valence-corrected chi connectivity index (χ2v) is 8.07. The molecule has 0 radical (unpaired) electrons. The van der Waals surface area contributed by atoms with Gasteiger partial charge in [0.2, 0.25) is 5.91 Å². The normalized spacial score (nSPS) is 24.6. The Bertz CT molecular complexity index is 940. The van der Waals surface area contributed by atoms with Crippen LogP contribution < -0.4 is 4.90 Å². The lowest BCUT2D eigenvalue weighted by Gasteiger charge is -2.34. The third kappa shape index (κ3) is 3.12. The van der Waals surface area contributed by atoms with Crippen LogP contribution in [-0.4, -0.2) is 59.0 Å². The SMILES string of the molecule is C[C@@H]1CCCC[C@@H]1N1C(=O)C(=O)N(CC(=O)c2ccc3c(c2)CC(=O)N3C)C1=O. The van der Waals surface area contributed by atoms with Gasteiger partial charge < -0.3 is 4.90 Å². The fourth-order valence-electron chi connectivity index (χ4n) is 4.51. The van der Waals surface area contributed by atoms with Crippen molar-refractivity contribution in [3.63, 3.8) is 0 Å². The van der Waals surface area contributed by atoms with Gasteiger partial charge in [0.15, 0.2) is 5.78 Å². The molecule has 0 spiro atoms. The first-order chi connectivity index (χ1) is 13.8. The fraction of sp³-hybridized carbons (Fsp3) is 0.476. The van der Waals surface area contributed by atoms with Crippen molar-refractivity contribution < 1.29 is 24.0 Å². The number of benzene rings is 1. The highest BCUT2D eigenvalue weighted by Gasteiger charge is 2.49.